The number of aromatic nitrogens is 1. The number of nitrogens with zero attached hydrogens (tertiary/aromatic N) is 1. The lowest BCUT2D eigenvalue weighted by atomic mass is 9.94. The molecule has 2 rings (SSSR count). The van der Waals surface area contributed by atoms with E-state index in [9.17, 15) is 13.5 Å². The topological polar surface area (TPSA) is 79.3 Å². The maximum atomic E-state index is 11.9. The molecule has 0 saturated heterocycles. The average Bonchev–Trinajstić information content (AvgIpc) is 2.69. The molecule has 1 fully saturated rings. The van der Waals surface area contributed by atoms with Gasteiger partial charge in [-0.25, -0.2) is 18.1 Å². The van der Waals surface area contributed by atoms with Gasteiger partial charge in [0.1, 0.15) is 0 Å². The van der Waals surface area contributed by atoms with Gasteiger partial charge in [-0.3, -0.25) is 0 Å². The Hall–Kier alpha value is -0.210. The zero-order chi connectivity index (χ0) is 12.5. The van der Waals surface area contributed by atoms with Crippen molar-refractivity contribution in [2.24, 2.45) is 0 Å². The van der Waals surface area contributed by atoms with Crippen LogP contribution in [0.3, 0.4) is 0 Å². The molecule has 0 aliphatic heterocycles. The number of aliphatic hydroxyl groups excluding tert-OH is 1. The molecule has 0 amide bonds. The highest BCUT2D eigenvalue weighted by molar-refractivity contribution is 7.91. The van der Waals surface area contributed by atoms with E-state index >= 15 is 0 Å². The summed E-state index contributed by atoms with van der Waals surface area (Å²) in [7, 11) is -3.52. The summed E-state index contributed by atoms with van der Waals surface area (Å²) in [6, 6.07) is -0.107. The Balaban J connectivity index is 2.03. The van der Waals surface area contributed by atoms with Crippen LogP contribution >= 0.6 is 22.9 Å². The van der Waals surface area contributed by atoms with Gasteiger partial charge in [-0.2, -0.15) is 0 Å². The molecular weight excluding hydrogens is 284 g/mol. The van der Waals surface area contributed by atoms with Crippen molar-refractivity contribution in [3.8, 4) is 0 Å². The number of sulfonamides is 1. The third kappa shape index (κ3) is 3.38. The molecule has 1 aliphatic rings. The van der Waals surface area contributed by atoms with Crippen molar-refractivity contribution in [2.45, 2.75) is 42.0 Å². The second-order valence-corrected chi connectivity index (χ2v) is 7.61. The van der Waals surface area contributed by atoms with Crippen molar-refractivity contribution in [3.63, 3.8) is 0 Å². The van der Waals surface area contributed by atoms with E-state index in [0.717, 1.165) is 11.3 Å². The van der Waals surface area contributed by atoms with Crippen LogP contribution in [0.5, 0.6) is 0 Å². The van der Waals surface area contributed by atoms with Crippen LogP contribution in [0, 0.1) is 0 Å². The number of aliphatic hydroxyl groups is 1. The quantitative estimate of drug-likeness (QED) is 0.883. The Morgan fingerprint density at radius 3 is 2.59 bits per heavy atom. The van der Waals surface area contributed by atoms with Gasteiger partial charge in [-0.15, -0.1) is 0 Å². The largest absolute Gasteiger partial charge is 0.393 e. The zero-order valence-electron chi connectivity index (χ0n) is 8.97. The molecule has 0 radical (unpaired) electrons. The first kappa shape index (κ1) is 13.2. The van der Waals surface area contributed by atoms with Crippen LogP contribution in [0.2, 0.25) is 4.47 Å². The summed E-state index contributed by atoms with van der Waals surface area (Å²) in [5, 5.41) is 9.34. The van der Waals surface area contributed by atoms with E-state index in [1.807, 2.05) is 0 Å². The van der Waals surface area contributed by atoms with Crippen LogP contribution in [0.25, 0.3) is 0 Å². The molecule has 8 heteroatoms. The van der Waals surface area contributed by atoms with Crippen LogP contribution < -0.4 is 4.72 Å². The summed E-state index contributed by atoms with van der Waals surface area (Å²) >= 11 is 6.55. The van der Waals surface area contributed by atoms with E-state index in [1.165, 1.54) is 6.20 Å². The first-order chi connectivity index (χ1) is 7.97. The first-order valence-electron chi connectivity index (χ1n) is 5.29. The molecule has 1 aromatic heterocycles. The highest BCUT2D eigenvalue weighted by Gasteiger charge is 2.25. The van der Waals surface area contributed by atoms with Gasteiger partial charge < -0.3 is 5.11 Å². The van der Waals surface area contributed by atoms with Crippen LogP contribution in [-0.4, -0.2) is 30.7 Å². The molecule has 1 saturated carbocycles. The van der Waals surface area contributed by atoms with Gasteiger partial charge >= 0.3 is 0 Å². The van der Waals surface area contributed by atoms with Crippen molar-refractivity contribution >= 4 is 33.0 Å². The maximum Gasteiger partial charge on any atom is 0.251 e. The minimum absolute atomic E-state index is 0.107. The van der Waals surface area contributed by atoms with Crippen molar-refractivity contribution in [1.29, 1.82) is 0 Å². The van der Waals surface area contributed by atoms with Crippen molar-refractivity contribution in [2.75, 3.05) is 0 Å². The lowest BCUT2D eigenvalue weighted by molar-refractivity contribution is 0.120. The number of hydrogen-bond acceptors (Lipinski definition) is 5. The second kappa shape index (κ2) is 5.19. The van der Waals surface area contributed by atoms with E-state index in [4.69, 9.17) is 11.6 Å². The SMILES string of the molecule is O=S(=O)(NC1CCC(O)CC1)c1cnc(Cl)s1. The van der Waals surface area contributed by atoms with Gasteiger partial charge in [0.15, 0.2) is 8.68 Å². The summed E-state index contributed by atoms with van der Waals surface area (Å²) in [5.41, 5.74) is 0. The molecule has 17 heavy (non-hydrogen) atoms. The zero-order valence-corrected chi connectivity index (χ0v) is 11.4. The Labute approximate surface area is 109 Å². The van der Waals surface area contributed by atoms with E-state index in [0.29, 0.717) is 25.7 Å². The molecule has 0 aromatic carbocycles. The summed E-state index contributed by atoms with van der Waals surface area (Å²) in [6.45, 7) is 0. The van der Waals surface area contributed by atoms with Crippen LogP contribution in [0.15, 0.2) is 10.4 Å². The van der Waals surface area contributed by atoms with Gasteiger partial charge in [0.2, 0.25) is 0 Å². The monoisotopic (exact) mass is 296 g/mol. The van der Waals surface area contributed by atoms with E-state index < -0.39 is 10.0 Å². The molecule has 0 atom stereocenters. The van der Waals surface area contributed by atoms with Gasteiger partial charge in [-0.1, -0.05) is 22.9 Å². The standard InChI is InChI=1S/C9H13ClN2O3S2/c10-9-11-5-8(16-9)17(14,15)12-6-1-3-7(13)4-2-6/h5-7,12-13H,1-4H2. The normalized spacial score (nSPS) is 26.0. The fourth-order valence-electron chi connectivity index (χ4n) is 1.83. The van der Waals surface area contributed by atoms with E-state index in [2.05, 4.69) is 9.71 Å². The summed E-state index contributed by atoms with van der Waals surface area (Å²) in [4.78, 5) is 3.71. The van der Waals surface area contributed by atoms with E-state index in [1.54, 1.807) is 0 Å². The fourth-order valence-corrected chi connectivity index (χ4v) is 4.45. The minimum atomic E-state index is -3.52. The Morgan fingerprint density at radius 1 is 1.41 bits per heavy atom. The first-order valence-corrected chi connectivity index (χ1v) is 7.97. The number of nitrogens with one attached hydrogen (secondary N) is 1. The molecule has 96 valence electrons. The molecule has 5 nitrogen and oxygen atoms in total. The van der Waals surface area contributed by atoms with Crippen molar-refractivity contribution < 1.29 is 13.5 Å². The smallest absolute Gasteiger partial charge is 0.251 e. The predicted molar refractivity (Wildman–Crippen MR) is 65.7 cm³/mol. The number of hydrogen-bond donors (Lipinski definition) is 2. The van der Waals surface area contributed by atoms with Crippen molar-refractivity contribution in [1.82, 2.24) is 9.71 Å². The Morgan fingerprint density at radius 2 is 2.06 bits per heavy atom. The molecular formula is C9H13ClN2O3S2. The second-order valence-electron chi connectivity index (χ2n) is 4.06. The molecule has 1 heterocycles. The Bertz CT molecular complexity index is 480. The molecule has 2 N–H and O–H groups in total. The van der Waals surface area contributed by atoms with Gasteiger partial charge in [0.25, 0.3) is 10.0 Å². The van der Waals surface area contributed by atoms with Gasteiger partial charge in [0, 0.05) is 6.04 Å². The summed E-state index contributed by atoms with van der Waals surface area (Å²) in [6.07, 6.45) is 3.55. The lowest BCUT2D eigenvalue weighted by Crippen LogP contribution is -2.38. The maximum absolute atomic E-state index is 11.9. The fraction of sp³-hybridized carbons (Fsp3) is 0.667. The van der Waals surface area contributed by atoms with Crippen LogP contribution in [0.1, 0.15) is 25.7 Å². The molecule has 0 unspecified atom stereocenters. The molecule has 0 spiro atoms. The van der Waals surface area contributed by atoms with Crippen molar-refractivity contribution in [3.05, 3.63) is 10.7 Å². The molecule has 0 bridgehead atoms. The number of rotatable bonds is 3. The highest BCUT2D eigenvalue weighted by Crippen LogP contribution is 2.24. The Kier molecular flexibility index (Phi) is 4.04. The molecule has 1 aromatic rings. The number of halogens is 1. The average molecular weight is 297 g/mol. The van der Waals surface area contributed by atoms with Gasteiger partial charge in [-0.05, 0) is 25.7 Å². The molecule has 1 aliphatic carbocycles. The lowest BCUT2D eigenvalue weighted by Gasteiger charge is -2.25. The minimum Gasteiger partial charge on any atom is -0.393 e. The number of thiazole rings is 1. The van der Waals surface area contributed by atoms with Crippen LogP contribution in [0.4, 0.5) is 0 Å². The highest BCUT2D eigenvalue weighted by atomic mass is 35.5. The van der Waals surface area contributed by atoms with Crippen LogP contribution in [-0.2, 0) is 10.0 Å². The predicted octanol–water partition coefficient (Wildman–Crippen LogP) is 1.38. The third-order valence-corrected chi connectivity index (χ3v) is 5.84. The van der Waals surface area contributed by atoms with Gasteiger partial charge in [0.05, 0.1) is 12.3 Å². The summed E-state index contributed by atoms with van der Waals surface area (Å²) < 4.78 is 26.8. The summed E-state index contributed by atoms with van der Waals surface area (Å²) in [5.74, 6) is 0. The third-order valence-electron chi connectivity index (χ3n) is 2.74. The van der Waals surface area contributed by atoms with E-state index in [-0.39, 0.29) is 20.8 Å².